The first kappa shape index (κ1) is 19.3. The topological polar surface area (TPSA) is 82.4 Å². The number of benzene rings is 2. The van der Waals surface area contributed by atoms with Crippen molar-refractivity contribution in [1.82, 2.24) is 25.1 Å². The van der Waals surface area contributed by atoms with E-state index in [1.807, 2.05) is 0 Å². The van der Waals surface area contributed by atoms with Gasteiger partial charge in [-0.2, -0.15) is 4.80 Å². The quantitative estimate of drug-likeness (QED) is 0.620. The average molecular weight is 385 g/mol. The van der Waals surface area contributed by atoms with Gasteiger partial charge in [-0.3, -0.25) is 4.79 Å². The molecule has 2 aromatic carbocycles. The second-order valence-corrected chi connectivity index (χ2v) is 6.05. The van der Waals surface area contributed by atoms with Crippen LogP contribution in [0.2, 0.25) is 0 Å². The molecule has 9 heteroatoms. The number of carbonyl (C=O) groups excluding carboxylic acids is 1. The minimum Gasteiger partial charge on any atom is -0.493 e. The summed E-state index contributed by atoms with van der Waals surface area (Å²) in [5.74, 6) is 0.863. The Morgan fingerprint density at radius 2 is 1.89 bits per heavy atom. The van der Waals surface area contributed by atoms with Crippen LogP contribution in [0.4, 0.5) is 4.39 Å². The number of aromatic nitrogens is 4. The van der Waals surface area contributed by atoms with E-state index in [-0.39, 0.29) is 24.8 Å². The highest BCUT2D eigenvalue weighted by molar-refractivity contribution is 5.75. The van der Waals surface area contributed by atoms with Gasteiger partial charge in [0, 0.05) is 24.7 Å². The van der Waals surface area contributed by atoms with E-state index in [9.17, 15) is 9.18 Å². The summed E-state index contributed by atoms with van der Waals surface area (Å²) in [7, 11) is 4.69. The molecular formula is C19H20FN5O3. The third-order valence-corrected chi connectivity index (χ3v) is 4.16. The number of likely N-dealkylation sites (N-methyl/N-ethyl adjacent to an activating group) is 1. The Balaban J connectivity index is 1.69. The highest BCUT2D eigenvalue weighted by Crippen LogP contribution is 2.30. The Labute approximate surface area is 161 Å². The SMILES string of the molecule is COc1ccc(-c2nnn(CC(=O)N(C)Cc3ccccc3F)n2)cc1OC. The molecule has 1 heterocycles. The number of hydrogen-bond donors (Lipinski definition) is 0. The minimum absolute atomic E-state index is 0.106. The molecule has 0 spiro atoms. The lowest BCUT2D eigenvalue weighted by Gasteiger charge is -2.17. The predicted molar refractivity (Wildman–Crippen MR) is 99.2 cm³/mol. The van der Waals surface area contributed by atoms with Crippen molar-refractivity contribution in [2.45, 2.75) is 13.1 Å². The molecule has 1 amide bonds. The number of ether oxygens (including phenoxy) is 2. The molecule has 0 bridgehead atoms. The second-order valence-electron chi connectivity index (χ2n) is 6.05. The van der Waals surface area contributed by atoms with E-state index >= 15 is 0 Å². The fourth-order valence-electron chi connectivity index (χ4n) is 2.61. The molecule has 0 atom stereocenters. The van der Waals surface area contributed by atoms with Crippen molar-refractivity contribution in [2.75, 3.05) is 21.3 Å². The lowest BCUT2D eigenvalue weighted by atomic mass is 10.2. The van der Waals surface area contributed by atoms with Gasteiger partial charge in [0.2, 0.25) is 11.7 Å². The molecule has 3 aromatic rings. The van der Waals surface area contributed by atoms with Crippen LogP contribution in [-0.2, 0) is 17.9 Å². The highest BCUT2D eigenvalue weighted by atomic mass is 19.1. The van der Waals surface area contributed by atoms with E-state index < -0.39 is 0 Å². The molecule has 0 aliphatic rings. The Kier molecular flexibility index (Phi) is 5.83. The maximum Gasteiger partial charge on any atom is 0.246 e. The third kappa shape index (κ3) is 4.25. The number of halogens is 1. The molecular weight excluding hydrogens is 365 g/mol. The number of amides is 1. The smallest absolute Gasteiger partial charge is 0.246 e. The van der Waals surface area contributed by atoms with Crippen LogP contribution in [0.5, 0.6) is 11.5 Å². The van der Waals surface area contributed by atoms with Gasteiger partial charge in [-0.05, 0) is 29.5 Å². The van der Waals surface area contributed by atoms with Crippen LogP contribution in [0.25, 0.3) is 11.4 Å². The summed E-state index contributed by atoms with van der Waals surface area (Å²) in [6.07, 6.45) is 0. The lowest BCUT2D eigenvalue weighted by molar-refractivity contribution is -0.131. The molecule has 1 aromatic heterocycles. The molecule has 146 valence electrons. The van der Waals surface area contributed by atoms with Crippen molar-refractivity contribution >= 4 is 5.91 Å². The zero-order valence-corrected chi connectivity index (χ0v) is 15.8. The standard InChI is InChI=1S/C19H20FN5O3/c1-24(11-14-6-4-5-7-15(14)20)18(26)12-25-22-19(21-23-25)13-8-9-16(27-2)17(10-13)28-3/h4-10H,11-12H2,1-3H3. The van der Waals surface area contributed by atoms with Gasteiger partial charge in [0.1, 0.15) is 12.4 Å². The number of carbonyl (C=O) groups is 1. The van der Waals surface area contributed by atoms with Gasteiger partial charge in [0.05, 0.1) is 14.2 Å². The van der Waals surface area contributed by atoms with Gasteiger partial charge >= 0.3 is 0 Å². The first-order chi connectivity index (χ1) is 13.5. The molecule has 0 N–H and O–H groups in total. The van der Waals surface area contributed by atoms with Gasteiger partial charge in [-0.15, -0.1) is 10.2 Å². The van der Waals surface area contributed by atoms with Gasteiger partial charge in [-0.25, -0.2) is 4.39 Å². The summed E-state index contributed by atoms with van der Waals surface area (Å²) in [6, 6.07) is 11.6. The van der Waals surface area contributed by atoms with Crippen LogP contribution < -0.4 is 9.47 Å². The summed E-state index contributed by atoms with van der Waals surface area (Å²) in [5, 5.41) is 12.1. The van der Waals surface area contributed by atoms with Crippen molar-refractivity contribution in [3.05, 3.63) is 53.8 Å². The van der Waals surface area contributed by atoms with Crippen LogP contribution in [0.1, 0.15) is 5.56 Å². The maximum atomic E-state index is 13.8. The van der Waals surface area contributed by atoms with Crippen LogP contribution in [-0.4, -0.2) is 52.3 Å². The monoisotopic (exact) mass is 385 g/mol. The Hall–Kier alpha value is -3.49. The first-order valence-electron chi connectivity index (χ1n) is 8.49. The first-order valence-corrected chi connectivity index (χ1v) is 8.49. The van der Waals surface area contributed by atoms with Crippen molar-refractivity contribution in [1.29, 1.82) is 0 Å². The van der Waals surface area contributed by atoms with Crippen molar-refractivity contribution in [3.63, 3.8) is 0 Å². The maximum absolute atomic E-state index is 13.8. The Morgan fingerprint density at radius 3 is 2.61 bits per heavy atom. The fraction of sp³-hybridized carbons (Fsp3) is 0.263. The van der Waals surface area contributed by atoms with Crippen LogP contribution in [0.15, 0.2) is 42.5 Å². The third-order valence-electron chi connectivity index (χ3n) is 4.16. The molecule has 3 rings (SSSR count). The van der Waals surface area contributed by atoms with E-state index in [1.54, 1.807) is 50.6 Å². The van der Waals surface area contributed by atoms with Crippen LogP contribution in [0.3, 0.4) is 0 Å². The van der Waals surface area contributed by atoms with E-state index in [0.717, 1.165) is 0 Å². The molecule has 0 aliphatic carbocycles. The van der Waals surface area contributed by atoms with Gasteiger partial charge < -0.3 is 14.4 Å². The number of methoxy groups -OCH3 is 2. The van der Waals surface area contributed by atoms with Crippen molar-refractivity contribution in [3.8, 4) is 22.9 Å². The second kappa shape index (κ2) is 8.47. The minimum atomic E-state index is -0.350. The largest absolute Gasteiger partial charge is 0.493 e. The van der Waals surface area contributed by atoms with Gasteiger partial charge in [0.15, 0.2) is 11.5 Å². The molecule has 8 nitrogen and oxygen atoms in total. The molecule has 28 heavy (non-hydrogen) atoms. The molecule has 0 radical (unpaired) electrons. The molecule has 0 saturated heterocycles. The van der Waals surface area contributed by atoms with E-state index in [1.165, 1.54) is 22.9 Å². The summed E-state index contributed by atoms with van der Waals surface area (Å²) >= 11 is 0. The summed E-state index contributed by atoms with van der Waals surface area (Å²) in [5.41, 5.74) is 1.12. The van der Waals surface area contributed by atoms with Crippen molar-refractivity contribution < 1.29 is 18.7 Å². The van der Waals surface area contributed by atoms with Crippen LogP contribution >= 0.6 is 0 Å². The molecule has 0 saturated carbocycles. The lowest BCUT2D eigenvalue weighted by Crippen LogP contribution is -2.30. The number of nitrogens with zero attached hydrogens (tertiary/aromatic N) is 5. The van der Waals surface area contributed by atoms with Gasteiger partial charge in [0.25, 0.3) is 0 Å². The number of hydrogen-bond acceptors (Lipinski definition) is 6. The van der Waals surface area contributed by atoms with Crippen LogP contribution in [0, 0.1) is 5.82 Å². The number of tetrazole rings is 1. The average Bonchev–Trinajstić information content (AvgIpc) is 3.17. The predicted octanol–water partition coefficient (Wildman–Crippen LogP) is 2.15. The summed E-state index contributed by atoms with van der Waals surface area (Å²) in [4.78, 5) is 15.0. The summed E-state index contributed by atoms with van der Waals surface area (Å²) < 4.78 is 24.2. The highest BCUT2D eigenvalue weighted by Gasteiger charge is 2.15. The zero-order valence-electron chi connectivity index (χ0n) is 15.8. The molecule has 0 aliphatic heterocycles. The van der Waals surface area contributed by atoms with E-state index in [0.29, 0.717) is 28.5 Å². The fourth-order valence-corrected chi connectivity index (χ4v) is 2.61. The van der Waals surface area contributed by atoms with Crippen molar-refractivity contribution in [2.24, 2.45) is 0 Å². The number of rotatable bonds is 7. The zero-order chi connectivity index (χ0) is 20.1. The molecule has 0 unspecified atom stereocenters. The van der Waals surface area contributed by atoms with E-state index in [2.05, 4.69) is 15.4 Å². The normalized spacial score (nSPS) is 10.6. The molecule has 0 fully saturated rings. The Morgan fingerprint density at radius 1 is 1.14 bits per heavy atom. The summed E-state index contributed by atoms with van der Waals surface area (Å²) in [6.45, 7) is 0.0496. The van der Waals surface area contributed by atoms with Gasteiger partial charge in [-0.1, -0.05) is 18.2 Å². The van der Waals surface area contributed by atoms with E-state index in [4.69, 9.17) is 9.47 Å². The Bertz CT molecular complexity index is 976.